The lowest BCUT2D eigenvalue weighted by molar-refractivity contribution is 0.281. The Hall–Kier alpha value is -1.48. The maximum Gasteiger partial charge on any atom is 0.193 e. The smallest absolute Gasteiger partial charge is 0.193 e. The fourth-order valence-corrected chi connectivity index (χ4v) is 2.77. The second-order valence-electron chi connectivity index (χ2n) is 5.90. The minimum Gasteiger partial charge on any atom is -0.492 e. The van der Waals surface area contributed by atoms with Crippen LogP contribution in [0.25, 0.3) is 0 Å². The number of ether oxygens (including phenoxy) is 1. The van der Waals surface area contributed by atoms with Gasteiger partial charge in [-0.25, -0.2) is 0 Å². The summed E-state index contributed by atoms with van der Waals surface area (Å²) in [7, 11) is 5.72. The third-order valence-corrected chi connectivity index (χ3v) is 4.38. The van der Waals surface area contributed by atoms with Crippen molar-refractivity contribution in [3.05, 3.63) is 46.2 Å². The molecule has 144 valence electrons. The normalized spacial score (nSPS) is 11.1. The Morgan fingerprint density at radius 1 is 1.38 bits per heavy atom. The molecule has 0 atom stereocenters. The van der Waals surface area contributed by atoms with Crippen molar-refractivity contribution >= 4 is 41.5 Å². The van der Waals surface area contributed by atoms with Crippen LogP contribution in [0.1, 0.15) is 17.0 Å². The zero-order valence-electron chi connectivity index (χ0n) is 15.9. The average molecular weight is 492 g/mol. The molecule has 1 N–H and O–H groups in total. The highest BCUT2D eigenvalue weighted by molar-refractivity contribution is 14.0. The molecule has 8 heteroatoms. The minimum atomic E-state index is 0. The van der Waals surface area contributed by atoms with Gasteiger partial charge in [0, 0.05) is 44.0 Å². The monoisotopic (exact) mass is 491 g/mol. The summed E-state index contributed by atoms with van der Waals surface area (Å²) in [6.07, 6.45) is 0. The number of nitrogens with one attached hydrogen (secondary N) is 1. The summed E-state index contributed by atoms with van der Waals surface area (Å²) in [4.78, 5) is 6.37. The quantitative estimate of drug-likeness (QED) is 0.382. The summed E-state index contributed by atoms with van der Waals surface area (Å²) >= 11 is 5.96. The number of aliphatic imine (C=N–C) groups is 1. The molecule has 2 rings (SSSR count). The highest BCUT2D eigenvalue weighted by Crippen LogP contribution is 2.17. The molecule has 0 bridgehead atoms. The van der Waals surface area contributed by atoms with Crippen molar-refractivity contribution in [1.29, 1.82) is 0 Å². The van der Waals surface area contributed by atoms with Crippen LogP contribution in [0.15, 0.2) is 29.3 Å². The summed E-state index contributed by atoms with van der Waals surface area (Å²) in [5, 5.41) is 8.50. The zero-order valence-corrected chi connectivity index (χ0v) is 19.0. The fraction of sp³-hybridized carbons (Fsp3) is 0.444. The van der Waals surface area contributed by atoms with E-state index in [0.717, 1.165) is 23.1 Å². The van der Waals surface area contributed by atoms with E-state index in [4.69, 9.17) is 16.3 Å². The van der Waals surface area contributed by atoms with Crippen molar-refractivity contribution in [2.45, 2.75) is 20.4 Å². The van der Waals surface area contributed by atoms with Crippen LogP contribution in [0.5, 0.6) is 5.75 Å². The van der Waals surface area contributed by atoms with Crippen molar-refractivity contribution in [1.82, 2.24) is 20.0 Å². The Labute approximate surface area is 177 Å². The number of hydrogen-bond donors (Lipinski definition) is 1. The van der Waals surface area contributed by atoms with E-state index in [1.165, 1.54) is 5.56 Å². The molecule has 6 nitrogen and oxygen atoms in total. The molecule has 0 aliphatic rings. The summed E-state index contributed by atoms with van der Waals surface area (Å²) in [5.74, 6) is 1.59. The van der Waals surface area contributed by atoms with E-state index >= 15 is 0 Å². The van der Waals surface area contributed by atoms with Crippen molar-refractivity contribution in [3.63, 3.8) is 0 Å². The lowest BCUT2D eigenvalue weighted by Gasteiger charge is -2.22. The maximum atomic E-state index is 5.96. The van der Waals surface area contributed by atoms with Crippen LogP contribution < -0.4 is 10.1 Å². The number of halogens is 2. The molecule has 0 saturated heterocycles. The molecule has 0 unspecified atom stereocenters. The lowest BCUT2D eigenvalue weighted by atomic mass is 10.2. The Kier molecular flexibility index (Phi) is 9.21. The Morgan fingerprint density at radius 3 is 2.69 bits per heavy atom. The summed E-state index contributed by atoms with van der Waals surface area (Å²) in [6, 6.07) is 7.41. The van der Waals surface area contributed by atoms with Crippen molar-refractivity contribution in [2.75, 3.05) is 27.2 Å². The first-order valence-corrected chi connectivity index (χ1v) is 8.59. The van der Waals surface area contributed by atoms with E-state index in [0.29, 0.717) is 24.7 Å². The lowest BCUT2D eigenvalue weighted by Crippen LogP contribution is -2.40. The van der Waals surface area contributed by atoms with Crippen LogP contribution >= 0.6 is 35.6 Å². The third-order valence-electron chi connectivity index (χ3n) is 4.15. The minimum absolute atomic E-state index is 0. The van der Waals surface area contributed by atoms with Gasteiger partial charge in [-0.3, -0.25) is 9.67 Å². The molecule has 1 aromatic carbocycles. The second-order valence-corrected chi connectivity index (χ2v) is 6.34. The van der Waals surface area contributed by atoms with Gasteiger partial charge in [0.25, 0.3) is 0 Å². The summed E-state index contributed by atoms with van der Waals surface area (Å²) < 4.78 is 7.63. The van der Waals surface area contributed by atoms with E-state index in [1.54, 1.807) is 7.05 Å². The van der Waals surface area contributed by atoms with Gasteiger partial charge in [-0.1, -0.05) is 17.7 Å². The number of rotatable bonds is 6. The molecule has 1 heterocycles. The van der Waals surface area contributed by atoms with Crippen molar-refractivity contribution < 1.29 is 4.74 Å². The van der Waals surface area contributed by atoms with Gasteiger partial charge in [-0.05, 0) is 32.0 Å². The first-order valence-electron chi connectivity index (χ1n) is 8.21. The number of aromatic nitrogens is 2. The summed E-state index contributed by atoms with van der Waals surface area (Å²) in [5.41, 5.74) is 3.40. The molecule has 26 heavy (non-hydrogen) atoms. The van der Waals surface area contributed by atoms with Gasteiger partial charge in [0.2, 0.25) is 0 Å². The standard InChI is InChI=1S/C18H26ClN5O.HI/c1-13-17(14(2)24(5)22-13)12-21-18(20-3)23(4)9-10-25-16-8-6-7-15(19)11-16;/h6-8,11H,9-10,12H2,1-5H3,(H,20,21);1H. The van der Waals surface area contributed by atoms with E-state index in [2.05, 4.69) is 22.3 Å². The number of nitrogens with zero attached hydrogens (tertiary/aromatic N) is 4. The number of guanidine groups is 1. The highest BCUT2D eigenvalue weighted by atomic mass is 127. The number of hydrogen-bond acceptors (Lipinski definition) is 3. The molecule has 0 spiro atoms. The fourth-order valence-electron chi connectivity index (χ4n) is 2.59. The van der Waals surface area contributed by atoms with Crippen LogP contribution in [-0.4, -0.2) is 47.9 Å². The molecule has 0 amide bonds. The maximum absolute atomic E-state index is 5.96. The van der Waals surface area contributed by atoms with Gasteiger partial charge >= 0.3 is 0 Å². The second kappa shape index (κ2) is 10.6. The van der Waals surface area contributed by atoms with Gasteiger partial charge in [0.1, 0.15) is 12.4 Å². The molecule has 0 aliphatic carbocycles. The predicted octanol–water partition coefficient (Wildman–Crippen LogP) is 3.39. The van der Waals surface area contributed by atoms with E-state index in [1.807, 2.05) is 54.9 Å². The van der Waals surface area contributed by atoms with Crippen LogP contribution in [0, 0.1) is 13.8 Å². The predicted molar refractivity (Wildman–Crippen MR) is 118 cm³/mol. The van der Waals surface area contributed by atoms with Crippen LogP contribution in [0.4, 0.5) is 0 Å². The van der Waals surface area contributed by atoms with Gasteiger partial charge in [0.15, 0.2) is 5.96 Å². The Bertz CT molecular complexity index is 747. The third kappa shape index (κ3) is 6.05. The Balaban J connectivity index is 0.00000338. The van der Waals surface area contributed by atoms with E-state index in [-0.39, 0.29) is 24.0 Å². The molecule has 0 aliphatic heterocycles. The number of likely N-dealkylation sites (N-methyl/N-ethyl adjacent to an activating group) is 1. The Morgan fingerprint density at radius 2 is 2.12 bits per heavy atom. The zero-order chi connectivity index (χ0) is 18.4. The van der Waals surface area contributed by atoms with E-state index < -0.39 is 0 Å². The highest BCUT2D eigenvalue weighted by Gasteiger charge is 2.11. The van der Waals surface area contributed by atoms with Crippen molar-refractivity contribution in [3.8, 4) is 5.75 Å². The molecule has 2 aromatic rings. The van der Waals surface area contributed by atoms with Crippen LogP contribution in [0.3, 0.4) is 0 Å². The number of benzene rings is 1. The average Bonchev–Trinajstić information content (AvgIpc) is 2.81. The number of aryl methyl sites for hydroxylation is 2. The first-order chi connectivity index (χ1) is 11.9. The van der Waals surface area contributed by atoms with E-state index in [9.17, 15) is 0 Å². The van der Waals surface area contributed by atoms with Crippen LogP contribution in [0.2, 0.25) is 5.02 Å². The molecular weight excluding hydrogens is 465 g/mol. The van der Waals surface area contributed by atoms with Crippen molar-refractivity contribution in [2.24, 2.45) is 12.0 Å². The molecule has 0 saturated carbocycles. The van der Waals surface area contributed by atoms with Crippen LogP contribution in [-0.2, 0) is 13.6 Å². The topological polar surface area (TPSA) is 54.7 Å². The molecule has 1 aromatic heterocycles. The first kappa shape index (κ1) is 22.6. The SMILES string of the molecule is CN=C(NCc1c(C)nn(C)c1C)N(C)CCOc1cccc(Cl)c1.I. The largest absolute Gasteiger partial charge is 0.492 e. The molecule has 0 radical (unpaired) electrons. The van der Waals surface area contributed by atoms with Gasteiger partial charge in [-0.2, -0.15) is 5.10 Å². The van der Waals surface area contributed by atoms with Gasteiger partial charge in [-0.15, -0.1) is 24.0 Å². The molecular formula is C18H27ClIN5O. The summed E-state index contributed by atoms with van der Waals surface area (Å²) in [6.45, 7) is 6.04. The van der Waals surface area contributed by atoms with Gasteiger partial charge < -0.3 is 15.0 Å². The molecule has 0 fully saturated rings. The van der Waals surface area contributed by atoms with Gasteiger partial charge in [0.05, 0.1) is 12.2 Å².